The topological polar surface area (TPSA) is 29.4 Å². The first-order chi connectivity index (χ1) is 4.88. The lowest BCUT2D eigenvalue weighted by molar-refractivity contribution is 0.300. The molecular formula is C8H15NO. The van der Waals surface area contributed by atoms with Crippen LogP contribution in [0.2, 0.25) is 0 Å². The van der Waals surface area contributed by atoms with Gasteiger partial charge in [0.05, 0.1) is 6.04 Å². The Morgan fingerprint density at radius 2 is 2.10 bits per heavy atom. The predicted molar refractivity (Wildman–Crippen MR) is 41.8 cm³/mol. The van der Waals surface area contributed by atoms with Crippen molar-refractivity contribution in [1.82, 2.24) is 0 Å². The molecule has 1 saturated carbocycles. The molecule has 0 aliphatic heterocycles. The first-order valence-electron chi connectivity index (χ1n) is 4.21. The fourth-order valence-corrected chi connectivity index (χ4v) is 1.80. The Balaban J connectivity index is 2.41. The van der Waals surface area contributed by atoms with Crippen LogP contribution in [-0.4, -0.2) is 6.04 Å². The van der Waals surface area contributed by atoms with E-state index in [-0.39, 0.29) is 6.04 Å². The molecule has 0 amide bonds. The molecule has 2 atom stereocenters. The molecule has 0 bridgehead atoms. The minimum atomic E-state index is 0.138. The van der Waals surface area contributed by atoms with Gasteiger partial charge in [-0.2, -0.15) is 4.91 Å². The van der Waals surface area contributed by atoms with Crippen LogP contribution >= 0.6 is 0 Å². The van der Waals surface area contributed by atoms with Crippen LogP contribution in [-0.2, 0) is 0 Å². The van der Waals surface area contributed by atoms with E-state index < -0.39 is 0 Å². The lowest BCUT2D eigenvalue weighted by Crippen LogP contribution is -2.21. The van der Waals surface area contributed by atoms with Gasteiger partial charge in [0.1, 0.15) is 0 Å². The molecule has 1 unspecified atom stereocenters. The molecular weight excluding hydrogens is 126 g/mol. The van der Waals surface area contributed by atoms with E-state index in [0.717, 1.165) is 12.8 Å². The molecule has 58 valence electrons. The van der Waals surface area contributed by atoms with Gasteiger partial charge >= 0.3 is 0 Å². The van der Waals surface area contributed by atoms with E-state index in [4.69, 9.17) is 0 Å². The number of hydrogen-bond donors (Lipinski definition) is 0. The summed E-state index contributed by atoms with van der Waals surface area (Å²) in [6.07, 6.45) is 5.86. The molecule has 1 rings (SSSR count). The van der Waals surface area contributed by atoms with E-state index in [1.54, 1.807) is 0 Å². The monoisotopic (exact) mass is 141 g/mol. The molecule has 1 aliphatic carbocycles. The third-order valence-electron chi connectivity index (χ3n) is 2.53. The van der Waals surface area contributed by atoms with Gasteiger partial charge < -0.3 is 0 Å². The highest BCUT2D eigenvalue weighted by atomic mass is 16.3. The molecule has 0 aromatic rings. The van der Waals surface area contributed by atoms with Gasteiger partial charge in [-0.1, -0.05) is 31.4 Å². The van der Waals surface area contributed by atoms with Crippen molar-refractivity contribution in [3.05, 3.63) is 4.91 Å². The molecule has 1 fully saturated rings. The van der Waals surface area contributed by atoms with Gasteiger partial charge in [-0.25, -0.2) is 0 Å². The van der Waals surface area contributed by atoms with Crippen molar-refractivity contribution < 1.29 is 0 Å². The zero-order valence-electron chi connectivity index (χ0n) is 6.55. The van der Waals surface area contributed by atoms with E-state index in [9.17, 15) is 4.91 Å². The van der Waals surface area contributed by atoms with Crippen molar-refractivity contribution in [1.29, 1.82) is 0 Å². The summed E-state index contributed by atoms with van der Waals surface area (Å²) < 4.78 is 0. The van der Waals surface area contributed by atoms with Gasteiger partial charge in [-0.05, 0) is 18.8 Å². The summed E-state index contributed by atoms with van der Waals surface area (Å²) in [5.41, 5.74) is 0. The number of rotatable bonds is 2. The highest BCUT2D eigenvalue weighted by molar-refractivity contribution is 4.79. The smallest absolute Gasteiger partial charge is 0.0947 e. The maximum Gasteiger partial charge on any atom is 0.0947 e. The van der Waals surface area contributed by atoms with E-state index in [1.165, 1.54) is 19.3 Å². The third kappa shape index (κ3) is 1.55. The molecule has 2 heteroatoms. The number of hydrogen-bond acceptors (Lipinski definition) is 2. The zero-order valence-corrected chi connectivity index (χ0v) is 6.55. The zero-order chi connectivity index (χ0) is 7.40. The lowest BCUT2D eigenvalue weighted by Gasteiger charge is -2.24. The molecule has 0 heterocycles. The molecule has 10 heavy (non-hydrogen) atoms. The SMILES string of the molecule is CCC1CCCC[C@@H]1N=O. The largest absolute Gasteiger partial charge is 0.151 e. The van der Waals surface area contributed by atoms with Crippen molar-refractivity contribution in [2.45, 2.75) is 45.1 Å². The Morgan fingerprint density at radius 3 is 2.60 bits per heavy atom. The Bertz CT molecular complexity index is 114. The third-order valence-corrected chi connectivity index (χ3v) is 2.53. The van der Waals surface area contributed by atoms with Gasteiger partial charge in [0.2, 0.25) is 0 Å². The van der Waals surface area contributed by atoms with E-state index >= 15 is 0 Å². The van der Waals surface area contributed by atoms with Crippen LogP contribution in [0.5, 0.6) is 0 Å². The quantitative estimate of drug-likeness (QED) is 0.543. The van der Waals surface area contributed by atoms with Gasteiger partial charge in [-0.15, -0.1) is 0 Å². The van der Waals surface area contributed by atoms with Gasteiger partial charge in [0.15, 0.2) is 0 Å². The summed E-state index contributed by atoms with van der Waals surface area (Å²) in [5, 5.41) is 3.15. The van der Waals surface area contributed by atoms with Crippen molar-refractivity contribution in [2.24, 2.45) is 11.1 Å². The van der Waals surface area contributed by atoms with Crippen molar-refractivity contribution in [2.75, 3.05) is 0 Å². The van der Waals surface area contributed by atoms with Crippen molar-refractivity contribution in [3.63, 3.8) is 0 Å². The summed E-state index contributed by atoms with van der Waals surface area (Å²) in [6, 6.07) is 0.138. The molecule has 0 N–H and O–H groups in total. The fraction of sp³-hybridized carbons (Fsp3) is 1.00. The Kier molecular flexibility index (Phi) is 2.84. The number of nitrogens with zero attached hydrogens (tertiary/aromatic N) is 1. The molecule has 0 aromatic carbocycles. The second-order valence-electron chi connectivity index (χ2n) is 3.13. The first kappa shape index (κ1) is 7.70. The highest BCUT2D eigenvalue weighted by Gasteiger charge is 2.23. The molecule has 0 radical (unpaired) electrons. The van der Waals surface area contributed by atoms with Crippen LogP contribution in [0.15, 0.2) is 5.18 Å². The second kappa shape index (κ2) is 3.69. The minimum absolute atomic E-state index is 0.138. The summed E-state index contributed by atoms with van der Waals surface area (Å²) in [5.74, 6) is 0.589. The fourth-order valence-electron chi connectivity index (χ4n) is 1.80. The summed E-state index contributed by atoms with van der Waals surface area (Å²) in [7, 11) is 0. The van der Waals surface area contributed by atoms with Gasteiger partial charge in [-0.3, -0.25) is 0 Å². The van der Waals surface area contributed by atoms with Crippen LogP contribution in [0, 0.1) is 10.8 Å². The summed E-state index contributed by atoms with van der Waals surface area (Å²) >= 11 is 0. The Labute approximate surface area is 62.0 Å². The van der Waals surface area contributed by atoms with Gasteiger partial charge in [0.25, 0.3) is 0 Å². The maximum atomic E-state index is 10.3. The molecule has 0 aromatic heterocycles. The predicted octanol–water partition coefficient (Wildman–Crippen LogP) is 2.72. The van der Waals surface area contributed by atoms with Crippen LogP contribution in [0.4, 0.5) is 0 Å². The highest BCUT2D eigenvalue weighted by Crippen LogP contribution is 2.28. The first-order valence-corrected chi connectivity index (χ1v) is 4.21. The Morgan fingerprint density at radius 1 is 1.40 bits per heavy atom. The van der Waals surface area contributed by atoms with Crippen LogP contribution in [0.3, 0.4) is 0 Å². The summed E-state index contributed by atoms with van der Waals surface area (Å²) in [6.45, 7) is 2.15. The number of nitroso groups, excluding NO2 is 1. The van der Waals surface area contributed by atoms with E-state index in [2.05, 4.69) is 12.1 Å². The van der Waals surface area contributed by atoms with Crippen LogP contribution < -0.4 is 0 Å². The molecule has 0 saturated heterocycles. The van der Waals surface area contributed by atoms with Crippen molar-refractivity contribution in [3.8, 4) is 0 Å². The lowest BCUT2D eigenvalue weighted by atomic mass is 9.83. The maximum absolute atomic E-state index is 10.3. The average Bonchev–Trinajstić information content (AvgIpc) is 2.04. The molecule has 2 nitrogen and oxygen atoms in total. The Hall–Kier alpha value is -0.400. The van der Waals surface area contributed by atoms with Crippen molar-refractivity contribution >= 4 is 0 Å². The van der Waals surface area contributed by atoms with Gasteiger partial charge in [0, 0.05) is 0 Å². The van der Waals surface area contributed by atoms with E-state index in [1.807, 2.05) is 0 Å². The minimum Gasteiger partial charge on any atom is -0.151 e. The molecule has 0 spiro atoms. The molecule has 1 aliphatic rings. The standard InChI is InChI=1S/C8H15NO/c1-2-7-5-3-4-6-8(7)9-10/h7-8H,2-6H2,1H3/t7?,8-/m0/s1. The summed E-state index contributed by atoms with van der Waals surface area (Å²) in [4.78, 5) is 10.3. The van der Waals surface area contributed by atoms with Crippen LogP contribution in [0.25, 0.3) is 0 Å². The average molecular weight is 141 g/mol. The van der Waals surface area contributed by atoms with E-state index in [0.29, 0.717) is 5.92 Å². The van der Waals surface area contributed by atoms with Crippen LogP contribution in [0.1, 0.15) is 39.0 Å². The second-order valence-corrected chi connectivity index (χ2v) is 3.13. The normalized spacial score (nSPS) is 33.7.